The molecule has 0 bridgehead atoms. The number of aromatic nitrogens is 4. The van der Waals surface area contributed by atoms with Gasteiger partial charge in [0.15, 0.2) is 0 Å². The lowest BCUT2D eigenvalue weighted by Crippen LogP contribution is -2.39. The highest BCUT2D eigenvalue weighted by Crippen LogP contribution is 2.23. The maximum atomic E-state index is 12.8. The maximum Gasteiger partial charge on any atom is 0.253 e. The van der Waals surface area contributed by atoms with Crippen molar-refractivity contribution in [3.8, 4) is 5.75 Å². The van der Waals surface area contributed by atoms with E-state index in [9.17, 15) is 4.79 Å². The Morgan fingerprint density at radius 3 is 2.89 bits per heavy atom. The second-order valence-electron chi connectivity index (χ2n) is 6.57. The highest BCUT2D eigenvalue weighted by molar-refractivity contribution is 7.09. The summed E-state index contributed by atoms with van der Waals surface area (Å²) in [5, 5.41) is 7.22. The van der Waals surface area contributed by atoms with Gasteiger partial charge in [0, 0.05) is 24.0 Å². The van der Waals surface area contributed by atoms with Crippen molar-refractivity contribution in [1.82, 2.24) is 24.6 Å². The van der Waals surface area contributed by atoms with E-state index in [-0.39, 0.29) is 5.91 Å². The average molecular weight is 383 g/mol. The summed E-state index contributed by atoms with van der Waals surface area (Å²) in [7, 11) is 0. The van der Waals surface area contributed by atoms with Crippen LogP contribution >= 0.6 is 11.3 Å². The monoisotopic (exact) mass is 383 g/mol. The highest BCUT2D eigenvalue weighted by Gasteiger charge is 2.25. The molecular weight excluding hydrogens is 362 g/mol. The molecule has 2 aromatic heterocycles. The van der Waals surface area contributed by atoms with Crippen LogP contribution in [-0.4, -0.2) is 43.6 Å². The Kier molecular flexibility index (Phi) is 5.15. The lowest BCUT2D eigenvalue weighted by molar-refractivity contribution is 0.0689. The predicted octanol–water partition coefficient (Wildman–Crippen LogP) is 3.10. The van der Waals surface area contributed by atoms with Gasteiger partial charge in [0.25, 0.3) is 5.91 Å². The van der Waals surface area contributed by atoms with E-state index in [1.807, 2.05) is 46.2 Å². The SMILES string of the molecule is Cc1nc(COc2cccc(C(=O)N3CCC(n4cncn4)CC3)c2)cs1. The summed E-state index contributed by atoms with van der Waals surface area (Å²) in [5.41, 5.74) is 1.56. The zero-order valence-corrected chi connectivity index (χ0v) is 15.9. The highest BCUT2D eigenvalue weighted by atomic mass is 32.1. The molecule has 1 saturated heterocycles. The van der Waals surface area contributed by atoms with Crippen molar-refractivity contribution in [3.63, 3.8) is 0 Å². The van der Waals surface area contributed by atoms with Crippen LogP contribution in [0.2, 0.25) is 0 Å². The van der Waals surface area contributed by atoms with Gasteiger partial charge in [0.05, 0.1) is 16.7 Å². The first-order valence-corrected chi connectivity index (χ1v) is 9.84. The summed E-state index contributed by atoms with van der Waals surface area (Å²) < 4.78 is 7.69. The summed E-state index contributed by atoms with van der Waals surface area (Å²) in [6.07, 6.45) is 5.06. The molecule has 1 aliphatic heterocycles. The van der Waals surface area contributed by atoms with E-state index < -0.39 is 0 Å². The molecule has 3 aromatic rings. The topological polar surface area (TPSA) is 73.1 Å². The van der Waals surface area contributed by atoms with Crippen molar-refractivity contribution in [3.05, 3.63) is 58.6 Å². The third-order valence-electron chi connectivity index (χ3n) is 4.70. The van der Waals surface area contributed by atoms with Gasteiger partial charge in [-0.3, -0.25) is 4.79 Å². The molecule has 1 fully saturated rings. The van der Waals surface area contributed by atoms with Crippen LogP contribution in [0, 0.1) is 6.92 Å². The van der Waals surface area contributed by atoms with Gasteiger partial charge < -0.3 is 9.64 Å². The number of benzene rings is 1. The van der Waals surface area contributed by atoms with Gasteiger partial charge in [0.2, 0.25) is 0 Å². The number of rotatable bonds is 5. The Labute approximate surface area is 161 Å². The third kappa shape index (κ3) is 4.16. The molecule has 0 N–H and O–H groups in total. The average Bonchev–Trinajstić information content (AvgIpc) is 3.38. The van der Waals surface area contributed by atoms with E-state index in [1.165, 1.54) is 0 Å². The second-order valence-corrected chi connectivity index (χ2v) is 7.64. The van der Waals surface area contributed by atoms with Crippen molar-refractivity contribution in [2.24, 2.45) is 0 Å². The summed E-state index contributed by atoms with van der Waals surface area (Å²) in [4.78, 5) is 23.1. The zero-order chi connectivity index (χ0) is 18.6. The van der Waals surface area contributed by atoms with Gasteiger partial charge in [-0.15, -0.1) is 11.3 Å². The molecule has 1 aromatic carbocycles. The van der Waals surface area contributed by atoms with Crippen LogP contribution in [-0.2, 0) is 6.61 Å². The van der Waals surface area contributed by atoms with Gasteiger partial charge >= 0.3 is 0 Å². The van der Waals surface area contributed by atoms with E-state index in [0.717, 1.165) is 23.5 Å². The molecule has 140 valence electrons. The van der Waals surface area contributed by atoms with Crippen LogP contribution in [0.25, 0.3) is 0 Å². The van der Waals surface area contributed by atoms with Crippen LogP contribution in [0.5, 0.6) is 5.75 Å². The fraction of sp³-hybridized carbons (Fsp3) is 0.368. The first kappa shape index (κ1) is 17.7. The first-order chi connectivity index (χ1) is 13.2. The molecule has 1 aliphatic rings. The smallest absolute Gasteiger partial charge is 0.253 e. The van der Waals surface area contributed by atoms with E-state index in [2.05, 4.69) is 15.1 Å². The Hall–Kier alpha value is -2.74. The number of hydrogen-bond acceptors (Lipinski definition) is 6. The van der Waals surface area contributed by atoms with Gasteiger partial charge in [-0.05, 0) is 38.0 Å². The molecule has 0 atom stereocenters. The van der Waals surface area contributed by atoms with Gasteiger partial charge in [-0.2, -0.15) is 5.10 Å². The molecule has 3 heterocycles. The van der Waals surface area contributed by atoms with E-state index >= 15 is 0 Å². The number of carbonyl (C=O) groups is 1. The van der Waals surface area contributed by atoms with E-state index in [0.29, 0.717) is 37.1 Å². The van der Waals surface area contributed by atoms with Gasteiger partial charge in [-0.25, -0.2) is 14.6 Å². The van der Waals surface area contributed by atoms with E-state index in [4.69, 9.17) is 4.74 Å². The molecule has 7 nitrogen and oxygen atoms in total. The van der Waals surface area contributed by atoms with Crippen molar-refractivity contribution < 1.29 is 9.53 Å². The number of amides is 1. The minimum atomic E-state index is 0.0435. The summed E-state index contributed by atoms with van der Waals surface area (Å²) >= 11 is 1.60. The van der Waals surface area contributed by atoms with Gasteiger partial charge in [0.1, 0.15) is 25.0 Å². The number of carbonyl (C=O) groups excluding carboxylic acids is 1. The molecule has 27 heavy (non-hydrogen) atoms. The summed E-state index contributed by atoms with van der Waals surface area (Å²) in [6, 6.07) is 7.69. The summed E-state index contributed by atoms with van der Waals surface area (Å²) in [5.74, 6) is 0.728. The number of piperidine rings is 1. The zero-order valence-electron chi connectivity index (χ0n) is 15.1. The van der Waals surface area contributed by atoms with Crippen molar-refractivity contribution in [2.75, 3.05) is 13.1 Å². The molecule has 0 saturated carbocycles. The van der Waals surface area contributed by atoms with Crippen molar-refractivity contribution in [1.29, 1.82) is 0 Å². The van der Waals surface area contributed by atoms with Crippen LogP contribution < -0.4 is 4.74 Å². The summed E-state index contributed by atoms with van der Waals surface area (Å²) in [6.45, 7) is 3.81. The molecule has 0 spiro atoms. The fourth-order valence-corrected chi connectivity index (χ4v) is 3.87. The lowest BCUT2D eigenvalue weighted by Gasteiger charge is -2.32. The number of ether oxygens (including phenoxy) is 1. The van der Waals surface area contributed by atoms with Crippen LogP contribution in [0.15, 0.2) is 42.3 Å². The molecule has 0 unspecified atom stereocenters. The third-order valence-corrected chi connectivity index (χ3v) is 5.52. The number of hydrogen-bond donors (Lipinski definition) is 0. The van der Waals surface area contributed by atoms with Gasteiger partial charge in [-0.1, -0.05) is 6.07 Å². The number of aryl methyl sites for hydroxylation is 1. The molecule has 0 aliphatic carbocycles. The lowest BCUT2D eigenvalue weighted by atomic mass is 10.0. The fourth-order valence-electron chi connectivity index (χ4n) is 3.27. The molecule has 1 amide bonds. The van der Waals surface area contributed by atoms with Crippen LogP contribution in [0.4, 0.5) is 0 Å². The molecular formula is C19H21N5O2S. The Bertz CT molecular complexity index is 900. The largest absolute Gasteiger partial charge is 0.487 e. The number of nitrogens with zero attached hydrogens (tertiary/aromatic N) is 5. The normalized spacial score (nSPS) is 15.1. The second kappa shape index (κ2) is 7.87. The Morgan fingerprint density at radius 1 is 1.33 bits per heavy atom. The quantitative estimate of drug-likeness (QED) is 0.677. The van der Waals surface area contributed by atoms with E-state index in [1.54, 1.807) is 24.0 Å². The molecule has 4 rings (SSSR count). The minimum Gasteiger partial charge on any atom is -0.487 e. The van der Waals surface area contributed by atoms with Crippen molar-refractivity contribution in [2.45, 2.75) is 32.4 Å². The Balaban J connectivity index is 1.36. The van der Waals surface area contributed by atoms with Crippen LogP contribution in [0.3, 0.4) is 0 Å². The minimum absolute atomic E-state index is 0.0435. The van der Waals surface area contributed by atoms with Crippen LogP contribution in [0.1, 0.15) is 39.9 Å². The molecule has 8 heteroatoms. The molecule has 0 radical (unpaired) electrons. The predicted molar refractivity (Wildman–Crippen MR) is 102 cm³/mol. The maximum absolute atomic E-state index is 12.8. The first-order valence-electron chi connectivity index (χ1n) is 8.96. The Morgan fingerprint density at radius 2 is 2.19 bits per heavy atom. The standard InChI is InChI=1S/C19H21N5O2S/c1-14-22-16(11-27-14)10-26-18-4-2-3-15(9-18)19(25)23-7-5-17(6-8-23)24-13-20-12-21-24/h2-4,9,11-13,17H,5-8,10H2,1H3. The number of likely N-dealkylation sites (tertiary alicyclic amines) is 1. The van der Waals surface area contributed by atoms with Crippen molar-refractivity contribution >= 4 is 17.2 Å². The number of thiazole rings is 1.